The van der Waals surface area contributed by atoms with E-state index >= 15 is 0 Å². The van der Waals surface area contributed by atoms with Gasteiger partial charge in [-0.1, -0.05) is 70.5 Å². The first kappa shape index (κ1) is 48.8. The number of anilines is 1. The Morgan fingerprint density at radius 3 is 2.45 bits per heavy atom. The molecule has 17 heteroatoms. The smallest absolute Gasteiger partial charge is 0.306 e. The van der Waals surface area contributed by atoms with Gasteiger partial charge in [0.2, 0.25) is 13.3 Å². The molecule has 3 aliphatic rings. The molecule has 1 aliphatic carbocycles. The summed E-state index contributed by atoms with van der Waals surface area (Å²) in [5.41, 5.74) is 0.656. The molecule has 2 N–H and O–H groups in total. The Bertz CT molecular complexity index is 2440. The molecule has 1 amide bonds. The van der Waals surface area contributed by atoms with Gasteiger partial charge in [-0.3, -0.25) is 18.9 Å². The van der Waals surface area contributed by atoms with Crippen molar-refractivity contribution in [2.45, 2.75) is 135 Å². The molecule has 2 saturated heterocycles. The zero-order valence-corrected chi connectivity index (χ0v) is 40.4. The Morgan fingerprint density at radius 2 is 1.75 bits per heavy atom. The number of benzene rings is 2. The predicted octanol–water partition coefficient (Wildman–Crippen LogP) is 11.0. The summed E-state index contributed by atoms with van der Waals surface area (Å²) < 4.78 is 62.6. The van der Waals surface area contributed by atoms with E-state index in [1.165, 1.54) is 29.4 Å². The molecule has 2 aromatic carbocycles. The SMILES string of the molecule is COc1ccc2c(O[C@@H]3C[C@H]4C(=O)C[C@]5(P(=O)(O)Cc6c(F)cccc6F)C[C@H]5CCCCCCCC(CC(=O)OCC(C)(C)C)C(=O)N4C3)cc(-c3csc(NC(C)C)n3)nc2c1Cl. The van der Waals surface area contributed by atoms with Gasteiger partial charge in [0.05, 0.1) is 55.3 Å². The Morgan fingerprint density at radius 1 is 1.05 bits per heavy atom. The summed E-state index contributed by atoms with van der Waals surface area (Å²) in [7, 11) is -2.94. The fourth-order valence-corrected chi connectivity index (χ4v) is 13.1. The van der Waals surface area contributed by atoms with Crippen LogP contribution in [0.3, 0.4) is 0 Å². The monoisotopic (exact) mass is 956 g/mol. The van der Waals surface area contributed by atoms with Crippen molar-refractivity contribution in [1.29, 1.82) is 0 Å². The number of hydrogen-bond donors (Lipinski definition) is 2. The summed E-state index contributed by atoms with van der Waals surface area (Å²) in [5, 5.41) is 5.27. The van der Waals surface area contributed by atoms with Crippen LogP contribution in [0.25, 0.3) is 22.3 Å². The summed E-state index contributed by atoms with van der Waals surface area (Å²) in [5.74, 6) is -3.55. The van der Waals surface area contributed by atoms with E-state index in [4.69, 9.17) is 35.8 Å². The lowest BCUT2D eigenvalue weighted by molar-refractivity contribution is -0.152. The molecular formula is C48H60ClF2N4O8PS. The molecule has 2 aliphatic heterocycles. The van der Waals surface area contributed by atoms with Crippen molar-refractivity contribution in [3.63, 3.8) is 0 Å². The molecule has 12 nitrogen and oxygen atoms in total. The summed E-state index contributed by atoms with van der Waals surface area (Å²) in [4.78, 5) is 66.3. The van der Waals surface area contributed by atoms with Crippen LogP contribution in [0.15, 0.2) is 41.8 Å². The van der Waals surface area contributed by atoms with Gasteiger partial charge in [-0.05, 0) is 68.7 Å². The van der Waals surface area contributed by atoms with Gasteiger partial charge in [0.15, 0.2) is 10.9 Å². The molecule has 4 aromatic rings. The Balaban J connectivity index is 1.25. The molecule has 2 unspecified atom stereocenters. The number of methoxy groups -OCH3 is 1. The minimum atomic E-state index is -4.44. The first-order valence-electron chi connectivity index (χ1n) is 22.6. The number of nitrogens with zero attached hydrogens (tertiary/aromatic N) is 3. The topological polar surface area (TPSA) is 157 Å². The third kappa shape index (κ3) is 11.2. The molecule has 3 fully saturated rings. The van der Waals surface area contributed by atoms with Gasteiger partial charge < -0.3 is 29.3 Å². The lowest BCUT2D eigenvalue weighted by atomic mass is 9.94. The van der Waals surface area contributed by atoms with Crippen molar-refractivity contribution in [2.75, 3.05) is 25.6 Å². The van der Waals surface area contributed by atoms with Crippen molar-refractivity contribution >= 4 is 64.0 Å². The third-order valence-electron chi connectivity index (χ3n) is 12.8. The first-order chi connectivity index (χ1) is 30.8. The fourth-order valence-electron chi connectivity index (χ4n) is 9.31. The normalized spacial score (nSPS) is 24.1. The van der Waals surface area contributed by atoms with Gasteiger partial charge in [-0.25, -0.2) is 18.7 Å². The molecule has 0 bridgehead atoms. The average Bonchev–Trinajstić information content (AvgIpc) is 3.51. The van der Waals surface area contributed by atoms with E-state index in [9.17, 15) is 32.6 Å². The largest absolute Gasteiger partial charge is 0.495 e. The van der Waals surface area contributed by atoms with Crippen LogP contribution in [0, 0.1) is 28.9 Å². The maximum absolute atomic E-state index is 15.0. The summed E-state index contributed by atoms with van der Waals surface area (Å²) in [6, 6.07) is 7.59. The Labute approximate surface area is 388 Å². The number of aromatic nitrogens is 2. The second-order valence-electron chi connectivity index (χ2n) is 19.5. The second-order valence-corrected chi connectivity index (χ2v) is 23.3. The van der Waals surface area contributed by atoms with Gasteiger partial charge in [0.25, 0.3) is 0 Å². The number of Topliss-reactive ketones (excluding diaryl/α,β-unsaturated/α-hetero) is 1. The number of pyridine rings is 1. The van der Waals surface area contributed by atoms with E-state index in [0.717, 1.165) is 37.8 Å². The van der Waals surface area contributed by atoms with Crippen LogP contribution in [0.4, 0.5) is 13.9 Å². The highest BCUT2D eigenvalue weighted by Crippen LogP contribution is 2.75. The van der Waals surface area contributed by atoms with Crippen molar-refractivity contribution in [2.24, 2.45) is 17.3 Å². The van der Waals surface area contributed by atoms with Crippen LogP contribution in [0.1, 0.15) is 111 Å². The van der Waals surface area contributed by atoms with Gasteiger partial charge in [0.1, 0.15) is 40.0 Å². The fraction of sp³-hybridized carbons (Fsp3) is 0.562. The molecular weight excluding hydrogens is 897 g/mol. The zero-order valence-electron chi connectivity index (χ0n) is 38.0. The standard InChI is InChI=1S/C48H60ClF2N4O8PS/c1-28(2)52-46-54-37(26-65-46)36-21-41(32-17-18-40(61-6)43(49)44(32)53-36)63-31-20-38-39(56)23-48(64(59,60)25-33-34(50)15-12-16-35(33)51)22-30(48)14-11-9-7-8-10-13-29(45(58)55(38)24-31)19-42(57)62-27-47(3,4)5/h12,15-18,21,26,28-31,38H,7-11,13-14,19-20,22-25,27H2,1-6H3,(H,52,54)(H,59,60)/t29?,30-,31-,38+,48-/m1/s1. The van der Waals surface area contributed by atoms with Crippen molar-refractivity contribution in [1.82, 2.24) is 14.9 Å². The van der Waals surface area contributed by atoms with E-state index in [1.54, 1.807) is 18.2 Å². The lowest BCUT2D eigenvalue weighted by Gasteiger charge is -2.30. The van der Waals surface area contributed by atoms with E-state index in [2.05, 4.69) is 5.32 Å². The predicted molar refractivity (Wildman–Crippen MR) is 249 cm³/mol. The van der Waals surface area contributed by atoms with Crippen LogP contribution in [-0.4, -0.2) is 81.0 Å². The molecule has 0 spiro atoms. The maximum Gasteiger partial charge on any atom is 0.306 e. The number of thiazole rings is 1. The van der Waals surface area contributed by atoms with Crippen molar-refractivity contribution < 1.29 is 46.8 Å². The highest BCUT2D eigenvalue weighted by atomic mass is 35.5. The summed E-state index contributed by atoms with van der Waals surface area (Å²) in [6.45, 7) is 10.0. The van der Waals surface area contributed by atoms with Crippen LogP contribution in [0.2, 0.25) is 5.02 Å². The maximum atomic E-state index is 15.0. The zero-order chi connectivity index (χ0) is 46.8. The van der Waals surface area contributed by atoms with Crippen LogP contribution < -0.4 is 14.8 Å². The second kappa shape index (κ2) is 20.0. The number of esters is 1. The molecule has 4 heterocycles. The molecule has 65 heavy (non-hydrogen) atoms. The molecule has 2 aromatic heterocycles. The van der Waals surface area contributed by atoms with Gasteiger partial charge in [-0.15, -0.1) is 11.3 Å². The number of ether oxygens (including phenoxy) is 3. The number of ketones is 1. The Hall–Kier alpha value is -4.17. The summed E-state index contributed by atoms with van der Waals surface area (Å²) in [6.07, 6.45) is 3.10. The number of nitrogens with one attached hydrogen (secondary N) is 1. The third-order valence-corrected chi connectivity index (χ3v) is 16.8. The Kier molecular flexibility index (Phi) is 15.0. The molecule has 352 valence electrons. The quantitative estimate of drug-likeness (QED) is 0.103. The number of fused-ring (bicyclic) bond motifs is 3. The molecule has 0 radical (unpaired) electrons. The van der Waals surface area contributed by atoms with Crippen LogP contribution >= 0.6 is 30.3 Å². The molecule has 1 saturated carbocycles. The van der Waals surface area contributed by atoms with Crippen molar-refractivity contribution in [3.8, 4) is 22.9 Å². The lowest BCUT2D eigenvalue weighted by Crippen LogP contribution is -2.45. The van der Waals surface area contributed by atoms with Crippen molar-refractivity contribution in [3.05, 3.63) is 64.0 Å². The first-order valence-corrected chi connectivity index (χ1v) is 25.7. The highest BCUT2D eigenvalue weighted by Gasteiger charge is 2.66. The van der Waals surface area contributed by atoms with E-state index in [1.807, 2.05) is 40.0 Å². The number of hydrogen-bond acceptors (Lipinski definition) is 11. The van der Waals surface area contributed by atoms with Gasteiger partial charge in [-0.2, -0.15) is 0 Å². The van der Waals surface area contributed by atoms with E-state index in [-0.39, 0.29) is 61.2 Å². The summed E-state index contributed by atoms with van der Waals surface area (Å²) >= 11 is 8.30. The number of rotatable bonds is 12. The number of amides is 1. The minimum Gasteiger partial charge on any atom is -0.495 e. The minimum absolute atomic E-state index is 0.0291. The van der Waals surface area contributed by atoms with Gasteiger partial charge in [0, 0.05) is 47.2 Å². The highest BCUT2D eigenvalue weighted by molar-refractivity contribution is 7.59. The molecule has 6 atom stereocenters. The van der Waals surface area contributed by atoms with Gasteiger partial charge >= 0.3 is 5.97 Å². The molecule has 7 rings (SSSR count). The van der Waals surface area contributed by atoms with Crippen LogP contribution in [-0.2, 0) is 29.8 Å². The average molecular weight is 958 g/mol. The van der Waals surface area contributed by atoms with E-state index < -0.39 is 71.6 Å². The van der Waals surface area contributed by atoms with Crippen LogP contribution in [0.5, 0.6) is 11.5 Å². The number of carbonyl (C=O) groups is 3. The number of halogens is 3. The number of carbonyl (C=O) groups excluding carboxylic acids is 3. The van der Waals surface area contributed by atoms with E-state index in [0.29, 0.717) is 58.2 Å².